The fourth-order valence-electron chi connectivity index (χ4n) is 2.73. The fraction of sp³-hybridized carbons (Fsp3) is 0.429. The normalized spacial score (nSPS) is 22.0. The van der Waals surface area contributed by atoms with Crippen LogP contribution in [-0.4, -0.2) is 23.5 Å². The third kappa shape index (κ3) is 2.00. The van der Waals surface area contributed by atoms with Crippen molar-refractivity contribution in [3.63, 3.8) is 0 Å². The highest BCUT2D eigenvalue weighted by Gasteiger charge is 2.43. The van der Waals surface area contributed by atoms with Crippen LogP contribution in [0.25, 0.3) is 0 Å². The van der Waals surface area contributed by atoms with Crippen LogP contribution in [0.3, 0.4) is 0 Å². The topological polar surface area (TPSA) is 83.6 Å². The van der Waals surface area contributed by atoms with Crippen molar-refractivity contribution in [2.45, 2.75) is 32.7 Å². The number of carbonyl (C=O) groups is 2. The molecule has 5 nitrogen and oxygen atoms in total. The Morgan fingerprint density at radius 2 is 2.00 bits per heavy atom. The number of benzene rings is 1. The molecule has 1 aromatic rings. The van der Waals surface area contributed by atoms with Gasteiger partial charge in [0.15, 0.2) is 0 Å². The van der Waals surface area contributed by atoms with Crippen LogP contribution in [0.2, 0.25) is 0 Å². The van der Waals surface area contributed by atoms with Gasteiger partial charge in [-0.25, -0.2) is 4.79 Å². The van der Waals surface area contributed by atoms with Crippen LogP contribution >= 0.6 is 0 Å². The van der Waals surface area contributed by atoms with Gasteiger partial charge in [0, 0.05) is 19.0 Å². The molecular weight excluding hydrogens is 244 g/mol. The Labute approximate surface area is 112 Å². The second-order valence-electron chi connectivity index (χ2n) is 5.18. The van der Waals surface area contributed by atoms with Crippen LogP contribution in [0.5, 0.6) is 0 Å². The number of rotatable bonds is 1. The van der Waals surface area contributed by atoms with Crippen molar-refractivity contribution in [3.8, 4) is 0 Å². The van der Waals surface area contributed by atoms with Crippen molar-refractivity contribution in [1.82, 2.24) is 0 Å². The first-order valence-electron chi connectivity index (χ1n) is 6.19. The number of carbonyl (C=O) groups excluding carboxylic acids is 1. The molecule has 1 aromatic carbocycles. The van der Waals surface area contributed by atoms with Crippen LogP contribution in [0.1, 0.15) is 30.0 Å². The first kappa shape index (κ1) is 13.5. The van der Waals surface area contributed by atoms with E-state index in [1.807, 2.05) is 19.9 Å². The lowest BCUT2D eigenvalue weighted by atomic mass is 9.81. The molecule has 0 saturated heterocycles. The van der Waals surface area contributed by atoms with E-state index in [1.165, 1.54) is 6.92 Å². The maximum absolute atomic E-state index is 11.7. The lowest BCUT2D eigenvalue weighted by Gasteiger charge is -2.39. The van der Waals surface area contributed by atoms with Crippen LogP contribution in [-0.2, 0) is 15.1 Å². The summed E-state index contributed by atoms with van der Waals surface area (Å²) >= 11 is 0. The number of aryl methyl sites for hydroxylation is 2. The molecule has 1 atom stereocenters. The molecule has 0 bridgehead atoms. The zero-order valence-electron chi connectivity index (χ0n) is 11.4. The highest BCUT2D eigenvalue weighted by atomic mass is 16.4. The van der Waals surface area contributed by atoms with Crippen LogP contribution < -0.4 is 10.6 Å². The van der Waals surface area contributed by atoms with Crippen molar-refractivity contribution in [2.75, 3.05) is 11.4 Å². The van der Waals surface area contributed by atoms with E-state index in [0.717, 1.165) is 11.1 Å². The number of fused-ring (bicyclic) bond motifs is 1. The number of hydrogen-bond acceptors (Lipinski definition) is 3. The first-order chi connectivity index (χ1) is 8.77. The predicted molar refractivity (Wildman–Crippen MR) is 72.1 cm³/mol. The molecule has 1 aliphatic rings. The maximum atomic E-state index is 11.7. The molecule has 0 fully saturated rings. The van der Waals surface area contributed by atoms with E-state index in [2.05, 4.69) is 0 Å². The summed E-state index contributed by atoms with van der Waals surface area (Å²) in [7, 11) is 0. The quantitative estimate of drug-likeness (QED) is 0.799. The van der Waals surface area contributed by atoms with Gasteiger partial charge in [-0.2, -0.15) is 0 Å². The van der Waals surface area contributed by atoms with E-state index in [9.17, 15) is 14.7 Å². The first-order valence-corrected chi connectivity index (χ1v) is 6.19. The van der Waals surface area contributed by atoms with Crippen molar-refractivity contribution < 1.29 is 14.7 Å². The third-order valence-electron chi connectivity index (χ3n) is 3.69. The van der Waals surface area contributed by atoms with Gasteiger partial charge in [0.05, 0.1) is 5.69 Å². The molecular formula is C14H18N2O3. The molecule has 102 valence electrons. The molecule has 0 radical (unpaired) electrons. The number of nitrogens with two attached hydrogens (primary N) is 1. The summed E-state index contributed by atoms with van der Waals surface area (Å²) in [5.74, 6) is -1.15. The number of hydrogen-bond donors (Lipinski definition) is 2. The minimum atomic E-state index is -1.42. The summed E-state index contributed by atoms with van der Waals surface area (Å²) in [5.41, 5.74) is 7.65. The SMILES string of the molecule is CC(=O)N1CCC(N)(C(=O)O)c2cc(C)cc(C)c21. The second kappa shape index (κ2) is 4.35. The number of anilines is 1. The second-order valence-corrected chi connectivity index (χ2v) is 5.18. The fourth-order valence-corrected chi connectivity index (χ4v) is 2.73. The molecule has 2 rings (SSSR count). The lowest BCUT2D eigenvalue weighted by Crippen LogP contribution is -2.52. The summed E-state index contributed by atoms with van der Waals surface area (Å²) in [6, 6.07) is 3.70. The highest BCUT2D eigenvalue weighted by Crippen LogP contribution is 2.39. The molecule has 0 spiro atoms. The Morgan fingerprint density at radius 1 is 1.37 bits per heavy atom. The standard InChI is InChI=1S/C14H18N2O3/c1-8-6-9(2)12-11(7-8)14(15,13(18)19)4-5-16(12)10(3)17/h6-7H,4-5,15H2,1-3H3,(H,18,19). The number of aliphatic carboxylic acids is 1. The maximum Gasteiger partial charge on any atom is 0.328 e. The molecule has 19 heavy (non-hydrogen) atoms. The van der Waals surface area contributed by atoms with E-state index >= 15 is 0 Å². The summed E-state index contributed by atoms with van der Waals surface area (Å²) in [5, 5.41) is 9.42. The monoisotopic (exact) mass is 262 g/mol. The molecule has 1 heterocycles. The Kier molecular flexibility index (Phi) is 3.10. The summed E-state index contributed by atoms with van der Waals surface area (Å²) in [6.45, 7) is 5.57. The number of carboxylic acids is 1. The van der Waals surface area contributed by atoms with E-state index in [1.54, 1.807) is 11.0 Å². The third-order valence-corrected chi connectivity index (χ3v) is 3.69. The average Bonchev–Trinajstić information content (AvgIpc) is 2.29. The number of amides is 1. The van der Waals surface area contributed by atoms with Crippen LogP contribution in [0, 0.1) is 13.8 Å². The van der Waals surface area contributed by atoms with Gasteiger partial charge < -0.3 is 15.7 Å². The molecule has 5 heteroatoms. The summed E-state index contributed by atoms with van der Waals surface area (Å²) < 4.78 is 0. The molecule has 0 aliphatic carbocycles. The predicted octanol–water partition coefficient (Wildman–Crippen LogP) is 1.30. The number of nitrogens with zero attached hydrogens (tertiary/aromatic N) is 1. The van der Waals surface area contributed by atoms with E-state index in [4.69, 9.17) is 5.73 Å². The van der Waals surface area contributed by atoms with Crippen molar-refractivity contribution in [3.05, 3.63) is 28.8 Å². The van der Waals surface area contributed by atoms with Crippen molar-refractivity contribution >= 4 is 17.6 Å². The smallest absolute Gasteiger partial charge is 0.328 e. The largest absolute Gasteiger partial charge is 0.480 e. The Bertz CT molecular complexity index is 568. The van der Waals surface area contributed by atoms with Gasteiger partial charge in [-0.3, -0.25) is 4.79 Å². The number of carboxylic acid groups (broad SMARTS) is 1. The van der Waals surface area contributed by atoms with Crippen LogP contribution in [0.15, 0.2) is 12.1 Å². The van der Waals surface area contributed by atoms with E-state index in [-0.39, 0.29) is 12.3 Å². The van der Waals surface area contributed by atoms with Gasteiger partial charge in [0.1, 0.15) is 5.54 Å². The van der Waals surface area contributed by atoms with Gasteiger partial charge in [0.2, 0.25) is 5.91 Å². The molecule has 0 aromatic heterocycles. The molecule has 1 aliphatic heterocycles. The average molecular weight is 262 g/mol. The summed E-state index contributed by atoms with van der Waals surface area (Å²) in [6.07, 6.45) is 0.220. The zero-order chi connectivity index (χ0) is 14.4. The van der Waals surface area contributed by atoms with Gasteiger partial charge in [-0.05, 0) is 25.8 Å². The molecule has 1 amide bonds. The Balaban J connectivity index is 2.74. The molecule has 3 N–H and O–H groups in total. The van der Waals surface area contributed by atoms with Gasteiger partial charge in [-0.15, -0.1) is 0 Å². The zero-order valence-corrected chi connectivity index (χ0v) is 11.4. The van der Waals surface area contributed by atoms with Gasteiger partial charge >= 0.3 is 5.97 Å². The van der Waals surface area contributed by atoms with Crippen molar-refractivity contribution in [2.24, 2.45) is 5.73 Å². The Hall–Kier alpha value is -1.88. The minimum Gasteiger partial charge on any atom is -0.480 e. The van der Waals surface area contributed by atoms with E-state index < -0.39 is 11.5 Å². The van der Waals surface area contributed by atoms with Gasteiger partial charge in [-0.1, -0.05) is 17.7 Å². The molecule has 1 unspecified atom stereocenters. The highest BCUT2D eigenvalue weighted by molar-refractivity contribution is 5.97. The minimum absolute atomic E-state index is 0.0966. The summed E-state index contributed by atoms with van der Waals surface area (Å²) in [4.78, 5) is 24.8. The molecule has 0 saturated carbocycles. The van der Waals surface area contributed by atoms with E-state index in [0.29, 0.717) is 17.8 Å². The van der Waals surface area contributed by atoms with Crippen LogP contribution in [0.4, 0.5) is 5.69 Å². The Morgan fingerprint density at radius 3 is 2.53 bits per heavy atom. The van der Waals surface area contributed by atoms with Crippen molar-refractivity contribution in [1.29, 1.82) is 0 Å². The van der Waals surface area contributed by atoms with Gasteiger partial charge in [0.25, 0.3) is 0 Å². The lowest BCUT2D eigenvalue weighted by molar-refractivity contribution is -0.144.